The molecule has 0 bridgehead atoms. The van der Waals surface area contributed by atoms with Crippen LogP contribution in [0.5, 0.6) is 0 Å². The van der Waals surface area contributed by atoms with Crippen LogP contribution in [-0.2, 0) is 23.9 Å². The Bertz CT molecular complexity index is 1240. The largest absolute Gasteiger partial charge is 0.462 e. The molecule has 0 spiro atoms. The molecule has 1 aliphatic heterocycles. The Morgan fingerprint density at radius 1 is 0.921 bits per heavy atom. The van der Waals surface area contributed by atoms with Crippen LogP contribution in [-0.4, -0.2) is 42.9 Å². The van der Waals surface area contributed by atoms with Crippen molar-refractivity contribution in [3.8, 4) is 0 Å². The van der Waals surface area contributed by atoms with Crippen molar-refractivity contribution in [3.05, 3.63) is 59.7 Å². The number of benzene rings is 2. The van der Waals surface area contributed by atoms with Gasteiger partial charge in [-0.25, -0.2) is 9.59 Å². The van der Waals surface area contributed by atoms with E-state index in [1.165, 1.54) is 29.2 Å². The number of carbonyl (C=O) groups is 5. The molecule has 38 heavy (non-hydrogen) atoms. The van der Waals surface area contributed by atoms with E-state index in [1.807, 2.05) is 13.8 Å². The van der Waals surface area contributed by atoms with E-state index < -0.39 is 24.5 Å². The van der Waals surface area contributed by atoms with Crippen LogP contribution in [0.3, 0.4) is 0 Å². The summed E-state index contributed by atoms with van der Waals surface area (Å²) < 4.78 is 10.3. The third-order valence-corrected chi connectivity index (χ3v) is 6.81. The van der Waals surface area contributed by atoms with Crippen molar-refractivity contribution in [2.75, 3.05) is 23.4 Å². The molecule has 1 saturated heterocycles. The van der Waals surface area contributed by atoms with Crippen molar-refractivity contribution in [2.45, 2.75) is 40.0 Å². The number of ether oxygens (including phenoxy) is 2. The van der Waals surface area contributed by atoms with Gasteiger partial charge in [-0.05, 0) is 73.6 Å². The molecule has 2 aromatic carbocycles. The molecule has 2 aliphatic rings. The average molecular weight is 521 g/mol. The minimum absolute atomic E-state index is 0.128. The molecular formula is C29H32N2O7. The Kier molecular flexibility index (Phi) is 8.24. The summed E-state index contributed by atoms with van der Waals surface area (Å²) in [4.78, 5) is 64.1. The number of anilines is 2. The molecular weight excluding hydrogens is 488 g/mol. The highest BCUT2D eigenvalue weighted by Gasteiger charge is 2.50. The molecule has 1 aliphatic carbocycles. The second-order valence-corrected chi connectivity index (χ2v) is 10.4. The summed E-state index contributed by atoms with van der Waals surface area (Å²) in [6.45, 7) is 5.75. The first kappa shape index (κ1) is 27.0. The summed E-state index contributed by atoms with van der Waals surface area (Å²) in [5.41, 5.74) is 1.24. The molecule has 3 amide bonds. The van der Waals surface area contributed by atoms with E-state index in [1.54, 1.807) is 24.3 Å². The molecule has 9 heteroatoms. The molecule has 1 heterocycles. The lowest BCUT2D eigenvalue weighted by Gasteiger charge is -2.25. The molecule has 0 radical (unpaired) electrons. The Balaban J connectivity index is 1.32. The molecule has 200 valence electrons. The van der Waals surface area contributed by atoms with Crippen LogP contribution in [0.25, 0.3) is 0 Å². The highest BCUT2D eigenvalue weighted by molar-refractivity contribution is 6.22. The molecule has 1 saturated carbocycles. The summed E-state index contributed by atoms with van der Waals surface area (Å²) >= 11 is 0. The van der Waals surface area contributed by atoms with E-state index >= 15 is 0 Å². The predicted octanol–water partition coefficient (Wildman–Crippen LogP) is 4.22. The topological polar surface area (TPSA) is 119 Å². The van der Waals surface area contributed by atoms with Crippen molar-refractivity contribution >= 4 is 41.0 Å². The van der Waals surface area contributed by atoms with Crippen LogP contribution in [0, 0.1) is 23.7 Å². The van der Waals surface area contributed by atoms with Gasteiger partial charge in [0.05, 0.1) is 35.3 Å². The van der Waals surface area contributed by atoms with Gasteiger partial charge in [-0.3, -0.25) is 19.3 Å². The maximum absolute atomic E-state index is 13.0. The Morgan fingerprint density at radius 2 is 1.61 bits per heavy atom. The van der Waals surface area contributed by atoms with Crippen LogP contribution in [0.15, 0.2) is 48.5 Å². The second kappa shape index (κ2) is 11.6. The molecule has 2 fully saturated rings. The normalized spacial score (nSPS) is 20.7. The van der Waals surface area contributed by atoms with Gasteiger partial charge in [0.1, 0.15) is 0 Å². The number of esters is 2. The third-order valence-electron chi connectivity index (χ3n) is 6.81. The van der Waals surface area contributed by atoms with E-state index in [4.69, 9.17) is 9.47 Å². The van der Waals surface area contributed by atoms with Crippen LogP contribution in [0.4, 0.5) is 11.4 Å². The smallest absolute Gasteiger partial charge is 0.338 e. The number of amides is 3. The summed E-state index contributed by atoms with van der Waals surface area (Å²) in [7, 11) is 0. The minimum Gasteiger partial charge on any atom is -0.462 e. The Morgan fingerprint density at radius 3 is 2.32 bits per heavy atom. The number of imide groups is 1. The van der Waals surface area contributed by atoms with Crippen molar-refractivity contribution < 1.29 is 33.4 Å². The van der Waals surface area contributed by atoms with Gasteiger partial charge in [-0.1, -0.05) is 26.8 Å². The van der Waals surface area contributed by atoms with Crippen molar-refractivity contribution in [2.24, 2.45) is 23.7 Å². The summed E-state index contributed by atoms with van der Waals surface area (Å²) in [5, 5.41) is 2.60. The van der Waals surface area contributed by atoms with E-state index in [0.717, 1.165) is 6.42 Å². The zero-order valence-corrected chi connectivity index (χ0v) is 21.8. The van der Waals surface area contributed by atoms with Gasteiger partial charge in [0.25, 0.3) is 5.91 Å². The number of hydrogen-bond acceptors (Lipinski definition) is 7. The molecule has 3 atom stereocenters. The number of nitrogens with zero attached hydrogens (tertiary/aromatic N) is 1. The van der Waals surface area contributed by atoms with E-state index in [9.17, 15) is 24.0 Å². The first-order valence-electron chi connectivity index (χ1n) is 12.9. The number of fused-ring (bicyclic) bond motifs is 1. The van der Waals surface area contributed by atoms with Crippen LogP contribution < -0.4 is 10.2 Å². The van der Waals surface area contributed by atoms with Crippen molar-refractivity contribution in [3.63, 3.8) is 0 Å². The molecule has 0 unspecified atom stereocenters. The first-order chi connectivity index (χ1) is 18.1. The summed E-state index contributed by atoms with van der Waals surface area (Å²) in [6, 6.07) is 12.3. The molecule has 9 nitrogen and oxygen atoms in total. The van der Waals surface area contributed by atoms with Crippen molar-refractivity contribution in [1.82, 2.24) is 0 Å². The highest BCUT2D eigenvalue weighted by atomic mass is 16.5. The summed E-state index contributed by atoms with van der Waals surface area (Å²) in [6.07, 6.45) is 2.29. The average Bonchev–Trinajstić information content (AvgIpc) is 3.15. The lowest BCUT2D eigenvalue weighted by molar-refractivity contribution is -0.122. The van der Waals surface area contributed by atoms with Crippen LogP contribution in [0.1, 0.15) is 60.7 Å². The quantitative estimate of drug-likeness (QED) is 0.409. The molecule has 4 rings (SSSR count). The van der Waals surface area contributed by atoms with Gasteiger partial charge in [0.2, 0.25) is 11.8 Å². The van der Waals surface area contributed by atoms with Crippen LogP contribution >= 0.6 is 0 Å². The molecule has 0 aromatic heterocycles. The summed E-state index contributed by atoms with van der Waals surface area (Å²) in [5.74, 6) is -2.22. The number of nitrogens with one attached hydrogen (secondary N) is 1. The monoisotopic (exact) mass is 520 g/mol. The van der Waals surface area contributed by atoms with Gasteiger partial charge < -0.3 is 14.8 Å². The Labute approximate surface area is 221 Å². The molecule has 2 aromatic rings. The van der Waals surface area contributed by atoms with Gasteiger partial charge >= 0.3 is 11.9 Å². The van der Waals surface area contributed by atoms with Gasteiger partial charge in [-0.2, -0.15) is 0 Å². The maximum Gasteiger partial charge on any atom is 0.338 e. The highest BCUT2D eigenvalue weighted by Crippen LogP contribution is 2.42. The fourth-order valence-corrected chi connectivity index (χ4v) is 4.84. The predicted molar refractivity (Wildman–Crippen MR) is 139 cm³/mol. The zero-order chi connectivity index (χ0) is 27.4. The Hall–Kier alpha value is -4.01. The molecule has 1 N–H and O–H groups in total. The van der Waals surface area contributed by atoms with Gasteiger partial charge in [0.15, 0.2) is 6.61 Å². The van der Waals surface area contributed by atoms with Crippen molar-refractivity contribution in [1.29, 1.82) is 0 Å². The number of carbonyl (C=O) groups excluding carboxylic acids is 5. The zero-order valence-electron chi connectivity index (χ0n) is 21.8. The maximum atomic E-state index is 13.0. The van der Waals surface area contributed by atoms with Gasteiger partial charge in [-0.15, -0.1) is 0 Å². The lowest BCUT2D eigenvalue weighted by Crippen LogP contribution is -2.31. The fourth-order valence-electron chi connectivity index (χ4n) is 4.84. The van der Waals surface area contributed by atoms with E-state index in [0.29, 0.717) is 42.3 Å². The standard InChI is InChI=1S/C29H32N2O7/c1-17(2)15-37-28(35)19-8-10-21(11-9-19)30-25(32)16-38-29(36)20-5-4-6-22(14-20)31-26(33)23-12-7-18(3)13-24(23)27(31)34/h4-6,8-11,14,17-18,23-24H,7,12-13,15-16H2,1-3H3,(H,30,32)/t18-,23+,24+/m0/s1. The second-order valence-electron chi connectivity index (χ2n) is 10.4. The third kappa shape index (κ3) is 6.10. The van der Waals surface area contributed by atoms with E-state index in [-0.39, 0.29) is 35.1 Å². The fraction of sp³-hybridized carbons (Fsp3) is 0.414. The minimum atomic E-state index is -0.754. The van der Waals surface area contributed by atoms with Crippen LogP contribution in [0.2, 0.25) is 0 Å². The lowest BCUT2D eigenvalue weighted by atomic mass is 9.76. The van der Waals surface area contributed by atoms with Gasteiger partial charge in [0, 0.05) is 5.69 Å². The first-order valence-corrected chi connectivity index (χ1v) is 12.9. The number of rotatable bonds is 8. The van der Waals surface area contributed by atoms with E-state index in [2.05, 4.69) is 12.2 Å². The SMILES string of the molecule is CC(C)COC(=O)c1ccc(NC(=O)COC(=O)c2cccc(N3C(=O)[C@@H]4CC[C@H](C)C[C@H]4C3=O)c2)cc1. The number of hydrogen-bond donors (Lipinski definition) is 1.